The molecular formula is C22H32O6S. The molecule has 0 aromatic heterocycles. The molecule has 162 valence electrons. The minimum Gasteiger partial charge on any atom is -0.507 e. The van der Waals surface area contributed by atoms with E-state index in [4.69, 9.17) is 4.74 Å². The van der Waals surface area contributed by atoms with Gasteiger partial charge in [0.05, 0.1) is 25.1 Å². The van der Waals surface area contributed by atoms with Gasteiger partial charge in [0.15, 0.2) is 9.84 Å². The second-order valence-electron chi connectivity index (χ2n) is 7.68. The van der Waals surface area contributed by atoms with Crippen molar-refractivity contribution < 1.29 is 28.5 Å². The molecule has 1 heterocycles. The van der Waals surface area contributed by atoms with Gasteiger partial charge in [0, 0.05) is 7.11 Å². The maximum atomic E-state index is 12.3. The highest BCUT2D eigenvalue weighted by atomic mass is 32.2. The SMILES string of the molecule is CC/C(=C\c1cc(C)c(O)c(C)c1)CC[C@@H](O)C1=C(COC)CS(=O)(=O)[C@H]1CO. The molecule has 2 rings (SSSR count). The molecule has 2 atom stereocenters. The summed E-state index contributed by atoms with van der Waals surface area (Å²) in [6, 6.07) is 3.83. The van der Waals surface area contributed by atoms with E-state index < -0.39 is 27.8 Å². The number of sulfone groups is 1. The summed E-state index contributed by atoms with van der Waals surface area (Å²) in [6.45, 7) is 5.34. The van der Waals surface area contributed by atoms with Gasteiger partial charge in [-0.1, -0.05) is 18.6 Å². The predicted octanol–water partition coefficient (Wildman–Crippen LogP) is 2.68. The second-order valence-corrected chi connectivity index (χ2v) is 9.87. The Hall–Kier alpha value is -1.67. The van der Waals surface area contributed by atoms with Gasteiger partial charge in [-0.2, -0.15) is 0 Å². The first kappa shape index (κ1) is 23.6. The summed E-state index contributed by atoms with van der Waals surface area (Å²) in [5.41, 5.74) is 4.65. The maximum Gasteiger partial charge on any atom is 0.163 e. The average molecular weight is 425 g/mol. The number of aliphatic hydroxyl groups is 2. The standard InChI is InChI=1S/C22H32O6S/c1-5-16(10-17-8-14(2)22(25)15(3)9-17)6-7-19(24)21-18(12-28-4)13-29(26,27)20(21)11-23/h8-10,19-20,23-25H,5-7,11-13H2,1-4H3/b16-10+/t19-,20+/m1/s1. The highest BCUT2D eigenvalue weighted by Crippen LogP contribution is 2.32. The summed E-state index contributed by atoms with van der Waals surface area (Å²) >= 11 is 0. The molecule has 0 bridgehead atoms. The van der Waals surface area contributed by atoms with E-state index in [1.165, 1.54) is 7.11 Å². The third kappa shape index (κ3) is 5.48. The zero-order valence-electron chi connectivity index (χ0n) is 17.6. The quantitative estimate of drug-likeness (QED) is 0.527. The predicted molar refractivity (Wildman–Crippen MR) is 115 cm³/mol. The number of aryl methyl sites for hydroxylation is 2. The Bertz CT molecular complexity index is 875. The van der Waals surface area contributed by atoms with Crippen molar-refractivity contribution in [1.29, 1.82) is 0 Å². The number of phenols is 1. The van der Waals surface area contributed by atoms with Crippen molar-refractivity contribution >= 4 is 15.9 Å². The molecule has 0 radical (unpaired) electrons. The highest BCUT2D eigenvalue weighted by Gasteiger charge is 2.40. The largest absolute Gasteiger partial charge is 0.507 e. The van der Waals surface area contributed by atoms with Crippen LogP contribution >= 0.6 is 0 Å². The summed E-state index contributed by atoms with van der Waals surface area (Å²) in [4.78, 5) is 0. The molecule has 0 aliphatic carbocycles. The lowest BCUT2D eigenvalue weighted by Gasteiger charge is -2.19. The normalized spacial score (nSPS) is 20.3. The molecule has 3 N–H and O–H groups in total. The Kier molecular flexibility index (Phi) is 8.05. The van der Waals surface area contributed by atoms with E-state index >= 15 is 0 Å². The minimum atomic E-state index is -3.51. The average Bonchev–Trinajstić information content (AvgIpc) is 2.92. The van der Waals surface area contributed by atoms with Crippen molar-refractivity contribution in [3.8, 4) is 5.75 Å². The maximum absolute atomic E-state index is 12.3. The van der Waals surface area contributed by atoms with Crippen molar-refractivity contribution in [3.05, 3.63) is 45.5 Å². The van der Waals surface area contributed by atoms with Crippen LogP contribution in [-0.2, 0) is 14.6 Å². The fraction of sp³-hybridized carbons (Fsp3) is 0.545. The van der Waals surface area contributed by atoms with Gasteiger partial charge in [-0.05, 0) is 73.1 Å². The molecule has 0 amide bonds. The Morgan fingerprint density at radius 1 is 1.31 bits per heavy atom. The van der Waals surface area contributed by atoms with Crippen LogP contribution in [0.25, 0.3) is 6.08 Å². The van der Waals surface area contributed by atoms with E-state index in [9.17, 15) is 23.7 Å². The van der Waals surface area contributed by atoms with Gasteiger partial charge in [0.2, 0.25) is 0 Å². The van der Waals surface area contributed by atoms with Gasteiger partial charge in [0.25, 0.3) is 0 Å². The molecule has 0 saturated carbocycles. The number of aromatic hydroxyl groups is 1. The van der Waals surface area contributed by atoms with Crippen LogP contribution in [0.4, 0.5) is 0 Å². The molecule has 7 heteroatoms. The van der Waals surface area contributed by atoms with E-state index in [-0.39, 0.29) is 12.4 Å². The first-order valence-electron chi connectivity index (χ1n) is 9.85. The van der Waals surface area contributed by atoms with Crippen molar-refractivity contribution in [3.63, 3.8) is 0 Å². The number of allylic oxidation sites excluding steroid dienone is 1. The number of hydrogen-bond acceptors (Lipinski definition) is 6. The lowest BCUT2D eigenvalue weighted by atomic mass is 9.94. The molecule has 1 aliphatic rings. The summed E-state index contributed by atoms with van der Waals surface area (Å²) < 4.78 is 29.7. The summed E-state index contributed by atoms with van der Waals surface area (Å²) in [5, 5.41) is 29.3. The second kappa shape index (κ2) is 9.89. The van der Waals surface area contributed by atoms with Crippen LogP contribution in [0.15, 0.2) is 28.9 Å². The third-order valence-corrected chi connectivity index (χ3v) is 7.51. The van der Waals surface area contributed by atoms with Gasteiger partial charge in [-0.3, -0.25) is 0 Å². The first-order valence-corrected chi connectivity index (χ1v) is 11.6. The number of hydrogen-bond donors (Lipinski definition) is 3. The van der Waals surface area contributed by atoms with Crippen LogP contribution in [0.1, 0.15) is 42.9 Å². The van der Waals surface area contributed by atoms with Crippen molar-refractivity contribution in [2.75, 3.05) is 26.1 Å². The van der Waals surface area contributed by atoms with E-state index in [2.05, 4.69) is 0 Å². The van der Waals surface area contributed by atoms with Gasteiger partial charge >= 0.3 is 0 Å². The van der Waals surface area contributed by atoms with Gasteiger partial charge in [-0.15, -0.1) is 0 Å². The Morgan fingerprint density at radius 3 is 2.45 bits per heavy atom. The van der Waals surface area contributed by atoms with E-state index in [0.717, 1.165) is 28.7 Å². The van der Waals surface area contributed by atoms with Crippen molar-refractivity contribution in [2.45, 2.75) is 51.4 Å². The van der Waals surface area contributed by atoms with Crippen LogP contribution in [-0.4, -0.2) is 61.2 Å². The number of phenolic OH excluding ortho intramolecular Hbond substituents is 1. The molecular weight excluding hydrogens is 392 g/mol. The van der Waals surface area contributed by atoms with Gasteiger partial charge in [0.1, 0.15) is 11.0 Å². The van der Waals surface area contributed by atoms with Gasteiger partial charge in [-0.25, -0.2) is 8.42 Å². The van der Waals surface area contributed by atoms with Gasteiger partial charge < -0.3 is 20.1 Å². The van der Waals surface area contributed by atoms with Crippen LogP contribution in [0.3, 0.4) is 0 Å². The van der Waals surface area contributed by atoms with Crippen LogP contribution in [0.5, 0.6) is 5.75 Å². The third-order valence-electron chi connectivity index (χ3n) is 5.48. The lowest BCUT2D eigenvalue weighted by Crippen LogP contribution is -2.29. The highest BCUT2D eigenvalue weighted by molar-refractivity contribution is 7.92. The number of rotatable bonds is 9. The van der Waals surface area contributed by atoms with Crippen molar-refractivity contribution in [1.82, 2.24) is 0 Å². The van der Waals surface area contributed by atoms with Crippen LogP contribution in [0, 0.1) is 13.8 Å². The topological polar surface area (TPSA) is 104 Å². The molecule has 0 spiro atoms. The minimum absolute atomic E-state index is 0.130. The fourth-order valence-corrected chi connectivity index (χ4v) is 5.82. The van der Waals surface area contributed by atoms with Crippen LogP contribution < -0.4 is 0 Å². The molecule has 1 aliphatic heterocycles. The summed E-state index contributed by atoms with van der Waals surface area (Å²) in [7, 11) is -2.03. The smallest absolute Gasteiger partial charge is 0.163 e. The Labute approximate surface area is 173 Å². The van der Waals surface area contributed by atoms with E-state index in [1.807, 2.05) is 39.0 Å². The molecule has 0 fully saturated rings. The zero-order chi connectivity index (χ0) is 21.8. The number of benzene rings is 1. The number of methoxy groups -OCH3 is 1. The fourth-order valence-electron chi connectivity index (χ4n) is 3.95. The molecule has 0 saturated heterocycles. The molecule has 0 unspecified atom stereocenters. The van der Waals surface area contributed by atoms with Crippen LogP contribution in [0.2, 0.25) is 0 Å². The van der Waals surface area contributed by atoms with E-state index in [1.54, 1.807) is 0 Å². The zero-order valence-corrected chi connectivity index (χ0v) is 18.4. The molecule has 29 heavy (non-hydrogen) atoms. The molecule has 6 nitrogen and oxygen atoms in total. The Balaban J connectivity index is 2.20. The monoisotopic (exact) mass is 424 g/mol. The summed E-state index contributed by atoms with van der Waals surface area (Å²) in [6.07, 6.45) is 2.85. The Morgan fingerprint density at radius 2 is 1.93 bits per heavy atom. The van der Waals surface area contributed by atoms with E-state index in [0.29, 0.717) is 29.7 Å². The lowest BCUT2D eigenvalue weighted by molar-refractivity contribution is 0.182. The number of aliphatic hydroxyl groups excluding tert-OH is 2. The molecule has 1 aromatic rings. The van der Waals surface area contributed by atoms with Crippen molar-refractivity contribution in [2.24, 2.45) is 0 Å². The number of ether oxygens (including phenoxy) is 1. The first-order chi connectivity index (χ1) is 13.6. The summed E-state index contributed by atoms with van der Waals surface area (Å²) in [5.74, 6) is 0.117. The molecule has 1 aromatic carbocycles.